The number of esters is 1. The second kappa shape index (κ2) is 5.66. The SMILES string of the molecule is CC(C)(C)OC(=O)CCOc1ccccc1F. The topological polar surface area (TPSA) is 35.5 Å². The van der Waals surface area contributed by atoms with E-state index >= 15 is 0 Å². The molecule has 0 aliphatic rings. The molecule has 94 valence electrons. The molecule has 0 unspecified atom stereocenters. The summed E-state index contributed by atoms with van der Waals surface area (Å²) in [5, 5.41) is 0. The zero-order chi connectivity index (χ0) is 12.9. The second-order valence-electron chi connectivity index (χ2n) is 4.62. The van der Waals surface area contributed by atoms with Crippen LogP contribution in [0.25, 0.3) is 0 Å². The summed E-state index contributed by atoms with van der Waals surface area (Å²) in [5.74, 6) is -0.637. The molecule has 3 nitrogen and oxygen atoms in total. The van der Waals surface area contributed by atoms with Gasteiger partial charge in [0.15, 0.2) is 11.6 Å². The van der Waals surface area contributed by atoms with E-state index < -0.39 is 11.4 Å². The fraction of sp³-hybridized carbons (Fsp3) is 0.462. The zero-order valence-corrected chi connectivity index (χ0v) is 10.3. The Hall–Kier alpha value is -1.58. The quantitative estimate of drug-likeness (QED) is 0.759. The third-order valence-corrected chi connectivity index (χ3v) is 1.82. The summed E-state index contributed by atoms with van der Waals surface area (Å²) in [6, 6.07) is 6.08. The van der Waals surface area contributed by atoms with E-state index in [2.05, 4.69) is 0 Å². The van der Waals surface area contributed by atoms with Crippen molar-refractivity contribution in [3.05, 3.63) is 30.1 Å². The van der Waals surface area contributed by atoms with Gasteiger partial charge in [0.1, 0.15) is 5.60 Å². The van der Waals surface area contributed by atoms with Crippen molar-refractivity contribution in [2.75, 3.05) is 6.61 Å². The standard InChI is InChI=1S/C13H17FO3/c1-13(2,3)17-12(15)8-9-16-11-7-5-4-6-10(11)14/h4-7H,8-9H2,1-3H3. The second-order valence-corrected chi connectivity index (χ2v) is 4.62. The Bertz CT molecular complexity index is 382. The summed E-state index contributed by atoms with van der Waals surface area (Å²) in [6.45, 7) is 5.49. The van der Waals surface area contributed by atoms with Crippen LogP contribution in [0.15, 0.2) is 24.3 Å². The minimum absolute atomic E-state index is 0.103. The number of carbonyl (C=O) groups is 1. The molecule has 0 fully saturated rings. The highest BCUT2D eigenvalue weighted by Gasteiger charge is 2.16. The molecule has 4 heteroatoms. The molecule has 1 aromatic rings. The molecule has 0 bridgehead atoms. The maximum absolute atomic E-state index is 13.1. The van der Waals surface area contributed by atoms with Crippen LogP contribution in [-0.2, 0) is 9.53 Å². The molecule has 0 spiro atoms. The summed E-state index contributed by atoms with van der Waals surface area (Å²) in [6.07, 6.45) is 0.103. The molecule has 1 rings (SSSR count). The monoisotopic (exact) mass is 240 g/mol. The molecule has 0 saturated heterocycles. The smallest absolute Gasteiger partial charge is 0.309 e. The fourth-order valence-electron chi connectivity index (χ4n) is 1.20. The van der Waals surface area contributed by atoms with E-state index in [1.54, 1.807) is 32.9 Å². The van der Waals surface area contributed by atoms with Crippen LogP contribution in [0.4, 0.5) is 4.39 Å². The average molecular weight is 240 g/mol. The summed E-state index contributed by atoms with van der Waals surface area (Å²) >= 11 is 0. The lowest BCUT2D eigenvalue weighted by molar-refractivity contribution is -0.155. The number of benzene rings is 1. The van der Waals surface area contributed by atoms with E-state index in [-0.39, 0.29) is 24.7 Å². The molecule has 0 atom stereocenters. The van der Waals surface area contributed by atoms with E-state index in [1.807, 2.05) is 0 Å². The normalized spacial score (nSPS) is 11.1. The van der Waals surface area contributed by atoms with E-state index in [0.29, 0.717) is 0 Å². The molecule has 0 aliphatic carbocycles. The maximum atomic E-state index is 13.1. The van der Waals surface area contributed by atoms with Gasteiger partial charge in [-0.1, -0.05) is 12.1 Å². The molecule has 0 N–H and O–H groups in total. The minimum atomic E-state index is -0.505. The van der Waals surface area contributed by atoms with Crippen LogP contribution in [0, 0.1) is 5.82 Å². The van der Waals surface area contributed by atoms with Crippen molar-refractivity contribution in [1.29, 1.82) is 0 Å². The van der Waals surface area contributed by atoms with Crippen LogP contribution < -0.4 is 4.74 Å². The Morgan fingerprint density at radius 3 is 2.53 bits per heavy atom. The molecule has 0 aromatic heterocycles. The van der Waals surface area contributed by atoms with Gasteiger partial charge in [-0.2, -0.15) is 0 Å². The van der Waals surface area contributed by atoms with E-state index in [9.17, 15) is 9.18 Å². The lowest BCUT2D eigenvalue weighted by Gasteiger charge is -2.19. The molecular formula is C13H17FO3. The van der Waals surface area contributed by atoms with Crippen molar-refractivity contribution in [3.8, 4) is 5.75 Å². The van der Waals surface area contributed by atoms with Crippen LogP contribution in [0.2, 0.25) is 0 Å². The Morgan fingerprint density at radius 2 is 1.94 bits per heavy atom. The highest BCUT2D eigenvalue weighted by molar-refractivity contribution is 5.69. The third kappa shape index (κ3) is 5.33. The van der Waals surface area contributed by atoms with Gasteiger partial charge in [-0.05, 0) is 32.9 Å². The number of rotatable bonds is 4. The molecule has 17 heavy (non-hydrogen) atoms. The first-order valence-corrected chi connectivity index (χ1v) is 5.48. The van der Waals surface area contributed by atoms with Crippen molar-refractivity contribution in [1.82, 2.24) is 0 Å². The average Bonchev–Trinajstić information content (AvgIpc) is 2.18. The summed E-state index contributed by atoms with van der Waals surface area (Å²) in [5.41, 5.74) is -0.505. The van der Waals surface area contributed by atoms with Gasteiger partial charge in [0.05, 0.1) is 13.0 Å². The van der Waals surface area contributed by atoms with Crippen molar-refractivity contribution >= 4 is 5.97 Å². The maximum Gasteiger partial charge on any atom is 0.309 e. The number of halogens is 1. The van der Waals surface area contributed by atoms with Gasteiger partial charge < -0.3 is 9.47 Å². The first kappa shape index (κ1) is 13.5. The molecule has 0 saturated carbocycles. The van der Waals surface area contributed by atoms with Gasteiger partial charge >= 0.3 is 5.97 Å². The fourth-order valence-corrected chi connectivity index (χ4v) is 1.20. The first-order valence-electron chi connectivity index (χ1n) is 5.48. The first-order chi connectivity index (χ1) is 7.88. The molecule has 0 radical (unpaired) electrons. The highest BCUT2D eigenvalue weighted by atomic mass is 19.1. The zero-order valence-electron chi connectivity index (χ0n) is 10.3. The molecule has 0 amide bonds. The van der Waals surface area contributed by atoms with E-state index in [4.69, 9.17) is 9.47 Å². The van der Waals surface area contributed by atoms with Crippen LogP contribution in [0.3, 0.4) is 0 Å². The molecule has 0 aliphatic heterocycles. The van der Waals surface area contributed by atoms with Crippen LogP contribution >= 0.6 is 0 Å². The van der Waals surface area contributed by atoms with Gasteiger partial charge in [0.2, 0.25) is 0 Å². The summed E-state index contributed by atoms with van der Waals surface area (Å²) in [4.78, 5) is 11.3. The lowest BCUT2D eigenvalue weighted by atomic mass is 10.2. The Kier molecular flexibility index (Phi) is 4.49. The van der Waals surface area contributed by atoms with Crippen LogP contribution in [0.1, 0.15) is 27.2 Å². The summed E-state index contributed by atoms with van der Waals surface area (Å²) in [7, 11) is 0. The van der Waals surface area contributed by atoms with Crippen LogP contribution in [0.5, 0.6) is 5.75 Å². The van der Waals surface area contributed by atoms with Gasteiger partial charge in [0, 0.05) is 0 Å². The number of ether oxygens (including phenoxy) is 2. The van der Waals surface area contributed by atoms with E-state index in [0.717, 1.165) is 0 Å². The number of hydrogen-bond acceptors (Lipinski definition) is 3. The van der Waals surface area contributed by atoms with Gasteiger partial charge in [-0.25, -0.2) is 4.39 Å². The predicted octanol–water partition coefficient (Wildman–Crippen LogP) is 2.94. The van der Waals surface area contributed by atoms with Crippen molar-refractivity contribution in [2.45, 2.75) is 32.8 Å². The molecule has 0 heterocycles. The molecular weight excluding hydrogens is 223 g/mol. The number of hydrogen-bond donors (Lipinski definition) is 0. The minimum Gasteiger partial charge on any atom is -0.490 e. The Balaban J connectivity index is 2.34. The Labute approximate surface area is 101 Å². The van der Waals surface area contributed by atoms with Crippen molar-refractivity contribution in [3.63, 3.8) is 0 Å². The molecule has 1 aromatic carbocycles. The third-order valence-electron chi connectivity index (χ3n) is 1.82. The van der Waals surface area contributed by atoms with Crippen molar-refractivity contribution < 1.29 is 18.7 Å². The van der Waals surface area contributed by atoms with Gasteiger partial charge in [0.25, 0.3) is 0 Å². The highest BCUT2D eigenvalue weighted by Crippen LogP contribution is 2.15. The van der Waals surface area contributed by atoms with E-state index in [1.165, 1.54) is 12.1 Å². The number of carbonyl (C=O) groups excluding carboxylic acids is 1. The Morgan fingerprint density at radius 1 is 1.29 bits per heavy atom. The summed E-state index contributed by atoms with van der Waals surface area (Å²) < 4.78 is 23.4. The predicted molar refractivity (Wildman–Crippen MR) is 62.4 cm³/mol. The largest absolute Gasteiger partial charge is 0.490 e. The lowest BCUT2D eigenvalue weighted by Crippen LogP contribution is -2.24. The van der Waals surface area contributed by atoms with Crippen molar-refractivity contribution in [2.24, 2.45) is 0 Å². The van der Waals surface area contributed by atoms with Gasteiger partial charge in [-0.3, -0.25) is 4.79 Å². The van der Waals surface area contributed by atoms with Crippen LogP contribution in [-0.4, -0.2) is 18.2 Å². The number of para-hydroxylation sites is 1. The van der Waals surface area contributed by atoms with Gasteiger partial charge in [-0.15, -0.1) is 0 Å².